The highest BCUT2D eigenvalue weighted by atomic mass is 79.9. The first-order chi connectivity index (χ1) is 8.88. The third-order valence-electron chi connectivity index (χ3n) is 2.67. The fraction of sp³-hybridized carbons (Fsp3) is 0.231. The summed E-state index contributed by atoms with van der Waals surface area (Å²) in [6.45, 7) is 2.01. The van der Waals surface area contributed by atoms with Crippen molar-refractivity contribution in [3.05, 3.63) is 45.1 Å². The summed E-state index contributed by atoms with van der Waals surface area (Å²) in [6.07, 6.45) is 1.22. The highest BCUT2D eigenvalue weighted by Gasteiger charge is 2.15. The fourth-order valence-corrected chi connectivity index (χ4v) is 4.07. The van der Waals surface area contributed by atoms with Gasteiger partial charge < -0.3 is 5.32 Å². The Bertz CT molecular complexity index is 679. The second-order valence-corrected chi connectivity index (χ2v) is 8.14. The van der Waals surface area contributed by atoms with E-state index >= 15 is 0 Å². The van der Waals surface area contributed by atoms with Gasteiger partial charge >= 0.3 is 0 Å². The van der Waals surface area contributed by atoms with Gasteiger partial charge in [-0.25, -0.2) is 8.42 Å². The van der Waals surface area contributed by atoms with Crippen LogP contribution < -0.4 is 5.32 Å². The Morgan fingerprint density at radius 3 is 2.58 bits per heavy atom. The van der Waals surface area contributed by atoms with Crippen molar-refractivity contribution in [1.82, 2.24) is 0 Å². The lowest BCUT2D eigenvalue weighted by Crippen LogP contribution is -2.09. The third-order valence-corrected chi connectivity index (χ3v) is 5.70. The topological polar surface area (TPSA) is 46.2 Å². The lowest BCUT2D eigenvalue weighted by atomic mass is 10.2. The molecule has 0 aliphatic heterocycles. The molecular formula is C13H14BrNO2S2. The second-order valence-electron chi connectivity index (χ2n) is 4.30. The lowest BCUT2D eigenvalue weighted by Gasteiger charge is -2.16. The van der Waals surface area contributed by atoms with Gasteiger partial charge in [0.15, 0.2) is 9.84 Å². The molecule has 0 radical (unpaired) electrons. The average molecular weight is 360 g/mol. The van der Waals surface area contributed by atoms with Gasteiger partial charge in [-0.05, 0) is 41.1 Å². The number of rotatable bonds is 4. The minimum atomic E-state index is -3.22. The number of para-hydroxylation sites is 1. The van der Waals surface area contributed by atoms with E-state index in [0.29, 0.717) is 10.6 Å². The molecular weight excluding hydrogens is 346 g/mol. The van der Waals surface area contributed by atoms with Gasteiger partial charge in [0, 0.05) is 21.0 Å². The number of benzene rings is 1. The van der Waals surface area contributed by atoms with E-state index in [-0.39, 0.29) is 6.04 Å². The van der Waals surface area contributed by atoms with Crippen molar-refractivity contribution in [2.24, 2.45) is 0 Å². The molecule has 2 rings (SSSR count). The van der Waals surface area contributed by atoms with E-state index in [1.165, 1.54) is 6.26 Å². The minimum absolute atomic E-state index is 0.0548. The van der Waals surface area contributed by atoms with E-state index in [9.17, 15) is 8.42 Å². The number of halogens is 1. The van der Waals surface area contributed by atoms with E-state index in [2.05, 4.69) is 21.2 Å². The summed E-state index contributed by atoms with van der Waals surface area (Å²) in [6, 6.07) is 9.05. The Hall–Kier alpha value is -0.850. The van der Waals surface area contributed by atoms with Gasteiger partial charge in [0.05, 0.1) is 16.6 Å². The van der Waals surface area contributed by atoms with Crippen molar-refractivity contribution in [1.29, 1.82) is 0 Å². The van der Waals surface area contributed by atoms with Crippen molar-refractivity contribution >= 4 is 42.8 Å². The Kier molecular flexibility index (Phi) is 4.32. The molecule has 0 amide bonds. The number of nitrogens with one attached hydrogen (secondary N) is 1. The maximum absolute atomic E-state index is 11.7. The minimum Gasteiger partial charge on any atom is -0.377 e. The molecule has 0 saturated carbocycles. The first-order valence-electron chi connectivity index (χ1n) is 5.67. The summed E-state index contributed by atoms with van der Waals surface area (Å²) in [7, 11) is -3.22. The van der Waals surface area contributed by atoms with Crippen LogP contribution in [0.5, 0.6) is 0 Å². The second kappa shape index (κ2) is 5.64. The molecule has 102 valence electrons. The monoisotopic (exact) mass is 359 g/mol. The summed E-state index contributed by atoms with van der Waals surface area (Å²) >= 11 is 5.05. The standard InChI is InChI=1S/C13H14BrNO2S2/c1-9(12-7-10(14)8-18-12)15-11-5-3-4-6-13(11)19(2,16)17/h3-9,15H,1-2H3. The number of hydrogen-bond acceptors (Lipinski definition) is 4. The summed E-state index contributed by atoms with van der Waals surface area (Å²) in [5.41, 5.74) is 0.641. The molecule has 0 fully saturated rings. The summed E-state index contributed by atoms with van der Waals surface area (Å²) < 4.78 is 24.5. The largest absolute Gasteiger partial charge is 0.377 e. The van der Waals surface area contributed by atoms with Crippen molar-refractivity contribution < 1.29 is 8.42 Å². The van der Waals surface area contributed by atoms with Crippen molar-refractivity contribution in [2.45, 2.75) is 17.9 Å². The molecule has 0 bridgehead atoms. The Morgan fingerprint density at radius 2 is 2.00 bits per heavy atom. The third kappa shape index (κ3) is 3.58. The molecule has 2 aromatic rings. The first kappa shape index (κ1) is 14.6. The van der Waals surface area contributed by atoms with Gasteiger partial charge in [0.25, 0.3) is 0 Å². The first-order valence-corrected chi connectivity index (χ1v) is 9.24. The molecule has 1 unspecified atom stereocenters. The van der Waals surface area contributed by atoms with Gasteiger partial charge in [-0.15, -0.1) is 11.3 Å². The molecule has 1 aromatic heterocycles. The van der Waals surface area contributed by atoms with E-state index in [1.54, 1.807) is 29.5 Å². The van der Waals surface area contributed by atoms with Crippen LogP contribution in [0.4, 0.5) is 5.69 Å². The SMILES string of the molecule is CC(Nc1ccccc1S(C)(=O)=O)c1cc(Br)cs1. The van der Waals surface area contributed by atoms with Crippen LogP contribution in [-0.4, -0.2) is 14.7 Å². The molecule has 1 aromatic carbocycles. The van der Waals surface area contributed by atoms with Gasteiger partial charge in [0.1, 0.15) is 0 Å². The van der Waals surface area contributed by atoms with Crippen LogP contribution in [0.25, 0.3) is 0 Å². The van der Waals surface area contributed by atoms with Crippen LogP contribution >= 0.6 is 27.3 Å². The molecule has 3 nitrogen and oxygen atoms in total. The number of thiophene rings is 1. The molecule has 0 saturated heterocycles. The number of anilines is 1. The van der Waals surface area contributed by atoms with E-state index in [4.69, 9.17) is 0 Å². The fourth-order valence-electron chi connectivity index (χ4n) is 1.77. The molecule has 19 heavy (non-hydrogen) atoms. The highest BCUT2D eigenvalue weighted by Crippen LogP contribution is 2.30. The van der Waals surface area contributed by atoms with Gasteiger partial charge in [-0.2, -0.15) is 0 Å². The van der Waals surface area contributed by atoms with Gasteiger partial charge in [0.2, 0.25) is 0 Å². The maximum atomic E-state index is 11.7. The molecule has 1 atom stereocenters. The van der Waals surface area contributed by atoms with E-state index < -0.39 is 9.84 Å². The Morgan fingerprint density at radius 1 is 1.32 bits per heavy atom. The van der Waals surface area contributed by atoms with Crippen molar-refractivity contribution in [3.63, 3.8) is 0 Å². The quantitative estimate of drug-likeness (QED) is 0.893. The van der Waals surface area contributed by atoms with Crippen molar-refractivity contribution in [3.8, 4) is 0 Å². The predicted octanol–water partition coefficient (Wildman–Crippen LogP) is 4.09. The van der Waals surface area contributed by atoms with Crippen LogP contribution in [0.2, 0.25) is 0 Å². The average Bonchev–Trinajstić information content (AvgIpc) is 2.75. The number of hydrogen-bond donors (Lipinski definition) is 1. The van der Waals surface area contributed by atoms with Crippen LogP contribution in [0.15, 0.2) is 45.1 Å². The summed E-state index contributed by atoms with van der Waals surface area (Å²) in [5.74, 6) is 0. The highest BCUT2D eigenvalue weighted by molar-refractivity contribution is 9.10. The van der Waals surface area contributed by atoms with Gasteiger partial charge in [-0.1, -0.05) is 12.1 Å². The van der Waals surface area contributed by atoms with E-state index in [0.717, 1.165) is 9.35 Å². The summed E-state index contributed by atoms with van der Waals surface area (Å²) in [4.78, 5) is 1.48. The van der Waals surface area contributed by atoms with Crippen LogP contribution in [0.1, 0.15) is 17.8 Å². The molecule has 1 N–H and O–H groups in total. The van der Waals surface area contributed by atoms with Gasteiger partial charge in [-0.3, -0.25) is 0 Å². The number of sulfone groups is 1. The lowest BCUT2D eigenvalue weighted by molar-refractivity contribution is 0.602. The van der Waals surface area contributed by atoms with E-state index in [1.807, 2.05) is 24.4 Å². The molecule has 0 spiro atoms. The normalized spacial score (nSPS) is 13.2. The van der Waals surface area contributed by atoms with Crippen LogP contribution in [0, 0.1) is 0 Å². The maximum Gasteiger partial charge on any atom is 0.177 e. The predicted molar refractivity (Wildman–Crippen MR) is 83.6 cm³/mol. The molecule has 6 heteroatoms. The van der Waals surface area contributed by atoms with Crippen molar-refractivity contribution in [2.75, 3.05) is 11.6 Å². The molecule has 0 aliphatic carbocycles. The molecule has 1 heterocycles. The Labute approximate surface area is 125 Å². The zero-order valence-electron chi connectivity index (χ0n) is 10.6. The smallest absolute Gasteiger partial charge is 0.177 e. The zero-order valence-corrected chi connectivity index (χ0v) is 13.8. The molecule has 0 aliphatic rings. The van der Waals surface area contributed by atoms with Crippen LogP contribution in [0.3, 0.4) is 0 Å². The summed E-state index contributed by atoms with van der Waals surface area (Å²) in [5, 5.41) is 5.27. The Balaban J connectivity index is 2.29. The zero-order chi connectivity index (χ0) is 14.0. The van der Waals surface area contributed by atoms with Crippen LogP contribution in [-0.2, 0) is 9.84 Å².